The molecule has 1 aliphatic heterocycles. The Morgan fingerprint density at radius 1 is 1.54 bits per heavy atom. The molecule has 0 aromatic heterocycles. The topological polar surface area (TPSA) is 72.5 Å². The van der Waals surface area contributed by atoms with Crippen molar-refractivity contribution in [3.63, 3.8) is 0 Å². The van der Waals surface area contributed by atoms with E-state index in [4.69, 9.17) is 11.6 Å². The van der Waals surface area contributed by atoms with Gasteiger partial charge in [-0.15, -0.1) is 11.6 Å². The second kappa shape index (κ2) is 3.71. The molecule has 2 unspecified atom stereocenters. The Bertz CT molecular complexity index is 302. The van der Waals surface area contributed by atoms with E-state index in [-0.39, 0.29) is 11.5 Å². The number of sulfone groups is 1. The number of rotatable bonds is 1. The molecule has 1 saturated heterocycles. The summed E-state index contributed by atoms with van der Waals surface area (Å²) in [5.41, 5.74) is 0. The van der Waals surface area contributed by atoms with Gasteiger partial charge >= 0.3 is 6.09 Å². The van der Waals surface area contributed by atoms with E-state index in [1.807, 2.05) is 0 Å². The third-order valence-corrected chi connectivity index (χ3v) is 4.15. The van der Waals surface area contributed by atoms with Crippen molar-refractivity contribution in [2.75, 3.05) is 18.6 Å². The van der Waals surface area contributed by atoms with Gasteiger partial charge in [0.2, 0.25) is 0 Å². The highest BCUT2D eigenvalue weighted by atomic mass is 35.5. The highest BCUT2D eigenvalue weighted by Crippen LogP contribution is 2.17. The molecule has 0 aromatic carbocycles. The van der Waals surface area contributed by atoms with Crippen molar-refractivity contribution in [3.05, 3.63) is 0 Å². The van der Waals surface area contributed by atoms with Gasteiger partial charge in [-0.25, -0.2) is 13.2 Å². The molecule has 1 heterocycles. The molecule has 0 spiro atoms. The number of methoxy groups -OCH3 is 1. The minimum absolute atomic E-state index is 0.0940. The smallest absolute Gasteiger partial charge is 0.407 e. The van der Waals surface area contributed by atoms with Crippen LogP contribution in [0.25, 0.3) is 0 Å². The van der Waals surface area contributed by atoms with Gasteiger partial charge in [0.1, 0.15) is 0 Å². The lowest BCUT2D eigenvalue weighted by molar-refractivity contribution is 0.168. The number of alkyl halides is 1. The van der Waals surface area contributed by atoms with Gasteiger partial charge in [-0.05, 0) is 0 Å². The minimum atomic E-state index is -3.10. The summed E-state index contributed by atoms with van der Waals surface area (Å²) in [5, 5.41) is 1.80. The number of carbonyl (C=O) groups is 1. The van der Waals surface area contributed by atoms with Crippen LogP contribution in [0.2, 0.25) is 0 Å². The summed E-state index contributed by atoms with van der Waals surface area (Å²) in [6.45, 7) is 0. The molecule has 5 nitrogen and oxygen atoms in total. The van der Waals surface area contributed by atoms with Crippen molar-refractivity contribution in [1.29, 1.82) is 0 Å². The van der Waals surface area contributed by atoms with E-state index in [1.54, 1.807) is 0 Å². The average molecular weight is 228 g/mol. The number of halogens is 1. The first-order valence-electron chi connectivity index (χ1n) is 3.63. The Balaban J connectivity index is 2.59. The summed E-state index contributed by atoms with van der Waals surface area (Å²) in [5.74, 6) is -0.209. The zero-order chi connectivity index (χ0) is 10.1. The van der Waals surface area contributed by atoms with Crippen molar-refractivity contribution in [3.8, 4) is 0 Å². The normalized spacial score (nSPS) is 31.2. The first kappa shape index (κ1) is 10.6. The molecule has 13 heavy (non-hydrogen) atoms. The predicted octanol–water partition coefficient (Wildman–Crippen LogP) is -0.253. The largest absolute Gasteiger partial charge is 0.453 e. The summed E-state index contributed by atoms with van der Waals surface area (Å²) >= 11 is 5.71. The molecule has 0 aliphatic carbocycles. The lowest BCUT2D eigenvalue weighted by atomic mass is 10.3. The van der Waals surface area contributed by atoms with E-state index in [9.17, 15) is 13.2 Å². The van der Waals surface area contributed by atoms with Crippen molar-refractivity contribution in [2.45, 2.75) is 11.4 Å². The maximum absolute atomic E-state index is 11.0. The minimum Gasteiger partial charge on any atom is -0.453 e. The molecule has 1 rings (SSSR count). The van der Waals surface area contributed by atoms with Crippen LogP contribution < -0.4 is 5.32 Å². The number of hydrogen-bond acceptors (Lipinski definition) is 4. The maximum Gasteiger partial charge on any atom is 0.407 e. The van der Waals surface area contributed by atoms with Crippen LogP contribution in [0, 0.1) is 0 Å². The highest BCUT2D eigenvalue weighted by molar-refractivity contribution is 7.91. The standard InChI is InChI=1S/C6H10ClNO4S/c1-12-6(9)8-5-3-13(10,11)2-4(5)7/h4-5H,2-3H2,1H3,(H,8,9). The lowest BCUT2D eigenvalue weighted by Gasteiger charge is -2.12. The van der Waals surface area contributed by atoms with E-state index >= 15 is 0 Å². The van der Waals surface area contributed by atoms with Crippen molar-refractivity contribution >= 4 is 27.5 Å². The first-order chi connectivity index (χ1) is 5.94. The first-order valence-corrected chi connectivity index (χ1v) is 5.89. The van der Waals surface area contributed by atoms with Crippen LogP contribution in [0.1, 0.15) is 0 Å². The van der Waals surface area contributed by atoms with E-state index in [0.717, 1.165) is 0 Å². The molecule has 0 radical (unpaired) electrons. The number of carbonyl (C=O) groups excluding carboxylic acids is 1. The third-order valence-electron chi connectivity index (χ3n) is 1.77. The molecule has 0 bridgehead atoms. The van der Waals surface area contributed by atoms with Gasteiger partial charge in [0.05, 0.1) is 30.0 Å². The Hall–Kier alpha value is -0.490. The monoisotopic (exact) mass is 227 g/mol. The average Bonchev–Trinajstić information content (AvgIpc) is 2.24. The second-order valence-corrected chi connectivity index (χ2v) is 5.55. The zero-order valence-corrected chi connectivity index (χ0v) is 8.56. The summed E-state index contributed by atoms with van der Waals surface area (Å²) in [7, 11) is -1.89. The van der Waals surface area contributed by atoms with E-state index in [0.29, 0.717) is 0 Å². The van der Waals surface area contributed by atoms with E-state index < -0.39 is 27.3 Å². The van der Waals surface area contributed by atoms with E-state index in [2.05, 4.69) is 10.1 Å². The summed E-state index contributed by atoms with van der Waals surface area (Å²) in [6.07, 6.45) is -0.659. The molecule has 76 valence electrons. The fourth-order valence-electron chi connectivity index (χ4n) is 1.15. The van der Waals surface area contributed by atoms with Gasteiger partial charge in [-0.1, -0.05) is 0 Å². The predicted molar refractivity (Wildman–Crippen MR) is 47.6 cm³/mol. The summed E-state index contributed by atoms with van der Waals surface area (Å²) < 4.78 is 26.4. The molecule has 7 heteroatoms. The molecule has 0 saturated carbocycles. The number of alkyl carbamates (subject to hydrolysis) is 1. The zero-order valence-electron chi connectivity index (χ0n) is 6.99. The molecule has 1 amide bonds. The Morgan fingerprint density at radius 2 is 2.15 bits per heavy atom. The SMILES string of the molecule is COC(=O)NC1CS(=O)(=O)CC1Cl. The van der Waals surface area contributed by atoms with Crippen molar-refractivity contribution in [1.82, 2.24) is 5.32 Å². The number of amides is 1. The van der Waals surface area contributed by atoms with Gasteiger partial charge in [0.25, 0.3) is 0 Å². The van der Waals surface area contributed by atoms with Gasteiger partial charge in [0, 0.05) is 0 Å². The summed E-state index contributed by atoms with van der Waals surface area (Å²) in [6, 6.07) is -0.542. The third kappa shape index (κ3) is 2.73. The van der Waals surface area contributed by atoms with Gasteiger partial charge in [-0.3, -0.25) is 0 Å². The number of hydrogen-bond donors (Lipinski definition) is 1. The Labute approximate surface area is 81.3 Å². The van der Waals surface area contributed by atoms with Crippen LogP contribution in [-0.4, -0.2) is 44.5 Å². The quantitative estimate of drug-likeness (QED) is 0.627. The van der Waals surface area contributed by atoms with Crippen LogP contribution in [0.15, 0.2) is 0 Å². The molecular formula is C6H10ClNO4S. The summed E-state index contributed by atoms with van der Waals surface area (Å²) in [4.78, 5) is 10.7. The van der Waals surface area contributed by atoms with Crippen molar-refractivity contribution in [2.24, 2.45) is 0 Å². The molecule has 1 aliphatic rings. The van der Waals surface area contributed by atoms with Crippen LogP contribution in [-0.2, 0) is 14.6 Å². The molecular weight excluding hydrogens is 218 g/mol. The molecule has 1 fully saturated rings. The maximum atomic E-state index is 11.0. The van der Waals surface area contributed by atoms with Gasteiger partial charge < -0.3 is 10.1 Å². The molecule has 1 N–H and O–H groups in total. The van der Waals surface area contributed by atoms with Crippen LogP contribution >= 0.6 is 11.6 Å². The highest BCUT2D eigenvalue weighted by Gasteiger charge is 2.37. The fraction of sp³-hybridized carbons (Fsp3) is 0.833. The molecule has 0 aromatic rings. The van der Waals surface area contributed by atoms with Crippen LogP contribution in [0.3, 0.4) is 0 Å². The fourth-order valence-corrected chi connectivity index (χ4v) is 3.70. The van der Waals surface area contributed by atoms with Gasteiger partial charge in [-0.2, -0.15) is 0 Å². The lowest BCUT2D eigenvalue weighted by Crippen LogP contribution is -2.40. The van der Waals surface area contributed by atoms with Crippen molar-refractivity contribution < 1.29 is 17.9 Å². The van der Waals surface area contributed by atoms with Crippen LogP contribution in [0.4, 0.5) is 4.79 Å². The van der Waals surface area contributed by atoms with E-state index in [1.165, 1.54) is 7.11 Å². The Kier molecular flexibility index (Phi) is 3.02. The number of ether oxygens (including phenoxy) is 1. The number of nitrogens with one attached hydrogen (secondary N) is 1. The second-order valence-electron chi connectivity index (χ2n) is 2.84. The molecule has 2 atom stereocenters. The van der Waals surface area contributed by atoms with Crippen LogP contribution in [0.5, 0.6) is 0 Å². The Morgan fingerprint density at radius 3 is 2.54 bits per heavy atom. The van der Waals surface area contributed by atoms with Gasteiger partial charge in [0.15, 0.2) is 9.84 Å².